The van der Waals surface area contributed by atoms with Gasteiger partial charge in [0.1, 0.15) is 17.2 Å². The fourth-order valence-electron chi connectivity index (χ4n) is 1.30. The molecule has 100 valence electrons. The molecule has 0 bridgehead atoms. The summed E-state index contributed by atoms with van der Waals surface area (Å²) in [5, 5.41) is 7.03. The van der Waals surface area contributed by atoms with Crippen LogP contribution in [0.5, 0.6) is 23.1 Å². The van der Waals surface area contributed by atoms with Crippen molar-refractivity contribution in [2.75, 3.05) is 14.2 Å². The fourth-order valence-corrected chi connectivity index (χ4v) is 1.53. The first-order chi connectivity index (χ1) is 9.12. The van der Waals surface area contributed by atoms with Crippen molar-refractivity contribution in [3.05, 3.63) is 28.6 Å². The highest BCUT2D eigenvalue weighted by Gasteiger charge is 2.10. The molecule has 0 spiro atoms. The van der Waals surface area contributed by atoms with Gasteiger partial charge >= 0.3 is 0 Å². The van der Waals surface area contributed by atoms with Crippen LogP contribution >= 0.6 is 23.2 Å². The van der Waals surface area contributed by atoms with E-state index in [1.807, 2.05) is 0 Å². The molecule has 8 heteroatoms. The van der Waals surface area contributed by atoms with Crippen molar-refractivity contribution in [2.24, 2.45) is 0 Å². The first-order valence-electron chi connectivity index (χ1n) is 5.09. The third-order valence-corrected chi connectivity index (χ3v) is 2.53. The Morgan fingerprint density at radius 2 is 1.47 bits per heavy atom. The Hall–Kier alpha value is -1.79. The molecule has 0 amide bonds. The summed E-state index contributed by atoms with van der Waals surface area (Å²) in [5.74, 6) is 1.61. The van der Waals surface area contributed by atoms with E-state index in [1.54, 1.807) is 18.2 Å². The van der Waals surface area contributed by atoms with Crippen LogP contribution in [0.25, 0.3) is 0 Å². The molecule has 2 aromatic rings. The summed E-state index contributed by atoms with van der Waals surface area (Å²) in [6.07, 6.45) is 0. The van der Waals surface area contributed by atoms with Crippen molar-refractivity contribution in [1.29, 1.82) is 0 Å². The van der Waals surface area contributed by atoms with Gasteiger partial charge < -0.3 is 14.2 Å². The van der Waals surface area contributed by atoms with Crippen LogP contribution in [-0.2, 0) is 0 Å². The summed E-state index contributed by atoms with van der Waals surface area (Å²) < 4.78 is 15.7. The van der Waals surface area contributed by atoms with Gasteiger partial charge in [0.2, 0.25) is 10.4 Å². The Kier molecular flexibility index (Phi) is 4.24. The molecule has 0 N–H and O–H groups in total. The minimum atomic E-state index is -0.0609. The topological polar surface area (TPSA) is 66.4 Å². The number of aromatic nitrogens is 3. The van der Waals surface area contributed by atoms with Gasteiger partial charge in [-0.05, 0) is 11.6 Å². The van der Waals surface area contributed by atoms with Crippen LogP contribution in [0, 0.1) is 0 Å². The van der Waals surface area contributed by atoms with Crippen molar-refractivity contribution in [3.63, 3.8) is 0 Å². The van der Waals surface area contributed by atoms with Crippen molar-refractivity contribution in [2.45, 2.75) is 0 Å². The number of nitrogens with zero attached hydrogens (tertiary/aromatic N) is 3. The number of methoxy groups -OCH3 is 2. The van der Waals surface area contributed by atoms with E-state index >= 15 is 0 Å². The molecule has 0 fully saturated rings. The lowest BCUT2D eigenvalue weighted by atomic mass is 10.3. The Morgan fingerprint density at radius 1 is 0.895 bits per heavy atom. The SMILES string of the molecule is COc1cc(OC)cc(Oc2nc(Cl)nnc2Cl)c1. The summed E-state index contributed by atoms with van der Waals surface area (Å²) in [6.45, 7) is 0. The van der Waals surface area contributed by atoms with Crippen LogP contribution in [0.4, 0.5) is 0 Å². The lowest BCUT2D eigenvalue weighted by Gasteiger charge is -2.09. The lowest BCUT2D eigenvalue weighted by molar-refractivity contribution is 0.384. The van der Waals surface area contributed by atoms with Gasteiger partial charge in [-0.25, -0.2) is 0 Å². The smallest absolute Gasteiger partial charge is 0.262 e. The number of halogens is 2. The maximum Gasteiger partial charge on any atom is 0.262 e. The zero-order chi connectivity index (χ0) is 13.8. The molecule has 19 heavy (non-hydrogen) atoms. The molecule has 0 aliphatic rings. The number of benzene rings is 1. The number of ether oxygens (including phenoxy) is 3. The number of rotatable bonds is 4. The van der Waals surface area contributed by atoms with Gasteiger partial charge in [-0.15, -0.1) is 10.2 Å². The summed E-state index contributed by atoms with van der Waals surface area (Å²) in [4.78, 5) is 3.84. The molecule has 1 heterocycles. The average Bonchev–Trinajstić information content (AvgIpc) is 2.42. The second-order valence-corrected chi connectivity index (χ2v) is 4.02. The van der Waals surface area contributed by atoms with Crippen molar-refractivity contribution in [1.82, 2.24) is 15.2 Å². The normalized spacial score (nSPS) is 10.1. The first-order valence-corrected chi connectivity index (χ1v) is 5.84. The van der Waals surface area contributed by atoms with E-state index in [-0.39, 0.29) is 16.3 Å². The fraction of sp³-hybridized carbons (Fsp3) is 0.182. The number of hydrogen-bond donors (Lipinski definition) is 0. The Morgan fingerprint density at radius 3 is 2.05 bits per heavy atom. The second kappa shape index (κ2) is 5.90. The zero-order valence-corrected chi connectivity index (χ0v) is 11.6. The largest absolute Gasteiger partial charge is 0.496 e. The van der Waals surface area contributed by atoms with E-state index in [2.05, 4.69) is 15.2 Å². The molecule has 1 aromatic carbocycles. The van der Waals surface area contributed by atoms with Crippen LogP contribution < -0.4 is 14.2 Å². The molecule has 2 rings (SSSR count). The monoisotopic (exact) mass is 301 g/mol. The summed E-state index contributed by atoms with van der Waals surface area (Å²) in [5.41, 5.74) is 0. The van der Waals surface area contributed by atoms with Gasteiger partial charge in [0.15, 0.2) is 0 Å². The maximum atomic E-state index is 5.81. The third-order valence-electron chi connectivity index (χ3n) is 2.13. The van der Waals surface area contributed by atoms with Gasteiger partial charge in [0.25, 0.3) is 5.88 Å². The van der Waals surface area contributed by atoms with E-state index < -0.39 is 0 Å². The summed E-state index contributed by atoms with van der Waals surface area (Å²) >= 11 is 11.4. The predicted octanol–water partition coefficient (Wildman–Crippen LogP) is 2.99. The van der Waals surface area contributed by atoms with Crippen LogP contribution in [-0.4, -0.2) is 29.4 Å². The van der Waals surface area contributed by atoms with E-state index in [1.165, 1.54) is 14.2 Å². The van der Waals surface area contributed by atoms with E-state index in [9.17, 15) is 0 Å². The van der Waals surface area contributed by atoms with Crippen molar-refractivity contribution >= 4 is 23.2 Å². The van der Waals surface area contributed by atoms with Crippen molar-refractivity contribution < 1.29 is 14.2 Å². The molecule has 6 nitrogen and oxygen atoms in total. The van der Waals surface area contributed by atoms with Crippen LogP contribution in [0.3, 0.4) is 0 Å². The van der Waals surface area contributed by atoms with Crippen molar-refractivity contribution in [3.8, 4) is 23.1 Å². The maximum absolute atomic E-state index is 5.81. The minimum Gasteiger partial charge on any atom is -0.496 e. The van der Waals surface area contributed by atoms with Gasteiger partial charge in [0.05, 0.1) is 14.2 Å². The van der Waals surface area contributed by atoms with Gasteiger partial charge in [-0.1, -0.05) is 11.6 Å². The first kappa shape index (κ1) is 13.6. The van der Waals surface area contributed by atoms with Crippen LogP contribution in [0.2, 0.25) is 10.4 Å². The third kappa shape index (κ3) is 3.36. The van der Waals surface area contributed by atoms with Gasteiger partial charge in [0, 0.05) is 18.2 Å². The van der Waals surface area contributed by atoms with E-state index in [0.717, 1.165) is 0 Å². The minimum absolute atomic E-state index is 0.00573. The highest BCUT2D eigenvalue weighted by atomic mass is 35.5. The van der Waals surface area contributed by atoms with E-state index in [0.29, 0.717) is 17.2 Å². The van der Waals surface area contributed by atoms with Crippen LogP contribution in [0.1, 0.15) is 0 Å². The Labute approximate surface area is 119 Å². The predicted molar refractivity (Wildman–Crippen MR) is 69.5 cm³/mol. The highest BCUT2D eigenvalue weighted by Crippen LogP contribution is 2.32. The van der Waals surface area contributed by atoms with Crippen LogP contribution in [0.15, 0.2) is 18.2 Å². The molecule has 0 radical (unpaired) electrons. The summed E-state index contributed by atoms with van der Waals surface area (Å²) in [6, 6.07) is 5.00. The average molecular weight is 302 g/mol. The second-order valence-electron chi connectivity index (χ2n) is 3.33. The molecular formula is C11H9Cl2N3O3. The zero-order valence-electron chi connectivity index (χ0n) is 10.1. The number of hydrogen-bond acceptors (Lipinski definition) is 6. The molecule has 0 atom stereocenters. The molecule has 0 saturated heterocycles. The molecular weight excluding hydrogens is 293 g/mol. The van der Waals surface area contributed by atoms with E-state index in [4.69, 9.17) is 37.4 Å². The molecule has 0 aliphatic heterocycles. The molecule has 0 saturated carbocycles. The highest BCUT2D eigenvalue weighted by molar-refractivity contribution is 6.31. The quantitative estimate of drug-likeness (QED) is 0.865. The Balaban J connectivity index is 2.34. The lowest BCUT2D eigenvalue weighted by Crippen LogP contribution is -1.96. The summed E-state index contributed by atoms with van der Waals surface area (Å²) in [7, 11) is 3.07. The van der Waals surface area contributed by atoms with Gasteiger partial charge in [-0.3, -0.25) is 0 Å². The molecule has 0 aliphatic carbocycles. The standard InChI is InChI=1S/C11H9Cl2N3O3/c1-17-6-3-7(18-2)5-8(4-6)19-10-9(12)15-16-11(13)14-10/h3-5H,1-2H3. The molecule has 1 aromatic heterocycles. The Bertz CT molecular complexity index is 573. The van der Waals surface area contributed by atoms with Gasteiger partial charge in [-0.2, -0.15) is 4.98 Å². The molecule has 0 unspecified atom stereocenters.